The summed E-state index contributed by atoms with van der Waals surface area (Å²) in [5.41, 5.74) is 0. The molecule has 0 fully saturated rings. The fraction of sp³-hybridized carbons (Fsp3) is 0.286. The molecule has 0 atom stereocenters. The van der Waals surface area contributed by atoms with Crippen molar-refractivity contribution in [3.63, 3.8) is 0 Å². The van der Waals surface area contributed by atoms with E-state index in [0.717, 1.165) is 48.0 Å². The Morgan fingerprint density at radius 3 is 1.56 bits per heavy atom. The second-order valence-electron chi connectivity index (χ2n) is 4.05. The number of thiophene rings is 2. The number of rotatable bonds is 7. The van der Waals surface area contributed by atoms with Crippen molar-refractivity contribution in [3.05, 3.63) is 43.8 Å². The van der Waals surface area contributed by atoms with E-state index in [1.54, 1.807) is 22.7 Å². The highest BCUT2D eigenvalue weighted by atomic mass is 32.1. The molecule has 0 aliphatic carbocycles. The highest BCUT2D eigenvalue weighted by molar-refractivity contribution is 7.13. The van der Waals surface area contributed by atoms with Crippen molar-refractivity contribution in [2.24, 2.45) is 0 Å². The smallest absolute Gasteiger partial charge is 0.160 e. The molecule has 0 unspecified atom stereocenters. The topological polar surface area (TPSA) is 34.1 Å². The Balaban J connectivity index is 1.72. The molecule has 0 N–H and O–H groups in total. The molecule has 2 rings (SSSR count). The summed E-state index contributed by atoms with van der Waals surface area (Å²) < 4.78 is 0. The molecule has 0 aliphatic rings. The van der Waals surface area contributed by atoms with Crippen molar-refractivity contribution < 1.29 is 9.59 Å². The van der Waals surface area contributed by atoms with E-state index in [0.29, 0.717) is 0 Å². The second kappa shape index (κ2) is 6.61. The summed E-state index contributed by atoms with van der Waals surface area (Å²) in [6, 6.07) is 7.82. The minimum atomic E-state index is 0.805. The summed E-state index contributed by atoms with van der Waals surface area (Å²) in [4.78, 5) is 25.3. The van der Waals surface area contributed by atoms with Crippen molar-refractivity contribution in [2.75, 3.05) is 0 Å². The molecular formula is C14H14O2S2. The Bertz CT molecular complexity index is 477. The summed E-state index contributed by atoms with van der Waals surface area (Å²) >= 11 is 3.15. The van der Waals surface area contributed by atoms with E-state index in [4.69, 9.17) is 0 Å². The van der Waals surface area contributed by atoms with Crippen LogP contribution in [-0.2, 0) is 12.8 Å². The van der Waals surface area contributed by atoms with E-state index in [9.17, 15) is 9.59 Å². The molecule has 0 aliphatic heterocycles. The zero-order valence-corrected chi connectivity index (χ0v) is 11.6. The lowest BCUT2D eigenvalue weighted by atomic mass is 10.1. The summed E-state index contributed by atoms with van der Waals surface area (Å²) in [6.07, 6.45) is 6.11. The lowest BCUT2D eigenvalue weighted by Gasteiger charge is -1.97. The zero-order valence-electron chi connectivity index (χ0n) is 9.93. The molecule has 4 heteroatoms. The molecule has 0 saturated heterocycles. The maximum atomic E-state index is 10.5. The van der Waals surface area contributed by atoms with Crippen LogP contribution < -0.4 is 0 Å². The van der Waals surface area contributed by atoms with Gasteiger partial charge in [-0.3, -0.25) is 9.59 Å². The SMILES string of the molecule is O=Cc1ccc(CCCCc2ccc(C=O)s2)s1. The van der Waals surface area contributed by atoms with Crippen molar-refractivity contribution in [3.8, 4) is 0 Å². The van der Waals surface area contributed by atoms with Crippen LogP contribution in [0.15, 0.2) is 24.3 Å². The summed E-state index contributed by atoms with van der Waals surface area (Å²) in [5.74, 6) is 0. The maximum Gasteiger partial charge on any atom is 0.160 e. The van der Waals surface area contributed by atoms with Gasteiger partial charge in [0.05, 0.1) is 9.75 Å². The first-order valence-electron chi connectivity index (χ1n) is 5.89. The van der Waals surface area contributed by atoms with Crippen LogP contribution in [0.25, 0.3) is 0 Å². The van der Waals surface area contributed by atoms with Crippen molar-refractivity contribution in [1.29, 1.82) is 0 Å². The fourth-order valence-corrected chi connectivity index (χ4v) is 3.52. The minimum absolute atomic E-state index is 0.805. The number of aldehydes is 2. The first-order chi connectivity index (χ1) is 8.81. The molecule has 94 valence electrons. The van der Waals surface area contributed by atoms with Gasteiger partial charge in [-0.15, -0.1) is 22.7 Å². The van der Waals surface area contributed by atoms with Crippen LogP contribution in [-0.4, -0.2) is 12.6 Å². The van der Waals surface area contributed by atoms with Crippen molar-refractivity contribution >= 4 is 35.2 Å². The molecule has 2 nitrogen and oxygen atoms in total. The Hall–Kier alpha value is -1.26. The molecule has 2 heterocycles. The van der Waals surface area contributed by atoms with Crippen LogP contribution >= 0.6 is 22.7 Å². The van der Waals surface area contributed by atoms with Gasteiger partial charge in [0.25, 0.3) is 0 Å². The fourth-order valence-electron chi connectivity index (χ4n) is 1.78. The third-order valence-corrected chi connectivity index (χ3v) is 4.83. The average Bonchev–Trinajstić information content (AvgIpc) is 3.03. The average molecular weight is 278 g/mol. The summed E-state index contributed by atoms with van der Waals surface area (Å²) in [7, 11) is 0. The number of unbranched alkanes of at least 4 members (excludes halogenated alkanes) is 1. The Morgan fingerprint density at radius 2 is 1.22 bits per heavy atom. The first kappa shape index (κ1) is 13.2. The number of aryl methyl sites for hydroxylation is 2. The van der Waals surface area contributed by atoms with Crippen LogP contribution in [0, 0.1) is 0 Å². The van der Waals surface area contributed by atoms with Crippen LogP contribution in [0.1, 0.15) is 41.9 Å². The molecule has 2 aromatic heterocycles. The minimum Gasteiger partial charge on any atom is -0.297 e. The van der Waals surface area contributed by atoms with Crippen LogP contribution in [0.2, 0.25) is 0 Å². The van der Waals surface area contributed by atoms with Gasteiger partial charge >= 0.3 is 0 Å². The van der Waals surface area contributed by atoms with E-state index < -0.39 is 0 Å². The summed E-state index contributed by atoms with van der Waals surface area (Å²) in [5, 5.41) is 0. The van der Waals surface area contributed by atoms with E-state index in [1.807, 2.05) is 24.3 Å². The Kier molecular flexibility index (Phi) is 4.84. The van der Waals surface area contributed by atoms with Crippen LogP contribution in [0.5, 0.6) is 0 Å². The first-order valence-corrected chi connectivity index (χ1v) is 7.53. The van der Waals surface area contributed by atoms with Crippen molar-refractivity contribution in [2.45, 2.75) is 25.7 Å². The predicted octanol–water partition coefficient (Wildman–Crippen LogP) is 4.00. The predicted molar refractivity (Wildman–Crippen MR) is 76.1 cm³/mol. The van der Waals surface area contributed by atoms with Crippen molar-refractivity contribution in [1.82, 2.24) is 0 Å². The monoisotopic (exact) mass is 278 g/mol. The number of carbonyl (C=O) groups is 2. The Labute approximate surface area is 114 Å². The van der Waals surface area contributed by atoms with E-state index in [1.165, 1.54) is 9.75 Å². The third kappa shape index (κ3) is 3.62. The van der Waals surface area contributed by atoms with Gasteiger partial charge in [-0.25, -0.2) is 0 Å². The molecule has 0 amide bonds. The van der Waals surface area contributed by atoms with Crippen LogP contribution in [0.4, 0.5) is 0 Å². The number of carbonyl (C=O) groups excluding carboxylic acids is 2. The standard InChI is InChI=1S/C14H14O2S2/c15-9-13-7-5-11(17-13)3-1-2-4-12-6-8-14(10-16)18-12/h5-10H,1-4H2. The van der Waals surface area contributed by atoms with Gasteiger partial charge in [-0.1, -0.05) is 0 Å². The lowest BCUT2D eigenvalue weighted by molar-refractivity contribution is 0.111. The van der Waals surface area contributed by atoms with Gasteiger partial charge in [0.2, 0.25) is 0 Å². The quantitative estimate of drug-likeness (QED) is 0.566. The Morgan fingerprint density at radius 1 is 0.778 bits per heavy atom. The van der Waals surface area contributed by atoms with Gasteiger partial charge in [0, 0.05) is 9.75 Å². The number of hydrogen-bond acceptors (Lipinski definition) is 4. The van der Waals surface area contributed by atoms with E-state index >= 15 is 0 Å². The number of hydrogen-bond donors (Lipinski definition) is 0. The molecule has 0 saturated carbocycles. The molecule has 0 aromatic carbocycles. The summed E-state index contributed by atoms with van der Waals surface area (Å²) in [6.45, 7) is 0. The maximum absolute atomic E-state index is 10.5. The van der Waals surface area contributed by atoms with Gasteiger partial charge < -0.3 is 0 Å². The normalized spacial score (nSPS) is 10.4. The zero-order chi connectivity index (χ0) is 12.8. The highest BCUT2D eigenvalue weighted by Gasteiger charge is 2.01. The third-order valence-electron chi connectivity index (χ3n) is 2.69. The second-order valence-corrected chi connectivity index (χ2v) is 6.45. The largest absolute Gasteiger partial charge is 0.297 e. The van der Waals surface area contributed by atoms with Gasteiger partial charge in [0.1, 0.15) is 0 Å². The van der Waals surface area contributed by atoms with E-state index in [2.05, 4.69) is 0 Å². The molecular weight excluding hydrogens is 264 g/mol. The van der Waals surface area contributed by atoms with Crippen LogP contribution in [0.3, 0.4) is 0 Å². The molecule has 2 aromatic rings. The highest BCUT2D eigenvalue weighted by Crippen LogP contribution is 2.20. The van der Waals surface area contributed by atoms with Gasteiger partial charge in [0.15, 0.2) is 12.6 Å². The van der Waals surface area contributed by atoms with Gasteiger partial charge in [-0.2, -0.15) is 0 Å². The molecule has 0 spiro atoms. The molecule has 0 radical (unpaired) electrons. The van der Waals surface area contributed by atoms with E-state index in [-0.39, 0.29) is 0 Å². The van der Waals surface area contributed by atoms with Gasteiger partial charge in [-0.05, 0) is 49.9 Å². The molecule has 0 bridgehead atoms. The molecule has 18 heavy (non-hydrogen) atoms. The lowest BCUT2D eigenvalue weighted by Crippen LogP contribution is -1.84.